The van der Waals surface area contributed by atoms with E-state index in [1.807, 2.05) is 6.07 Å². The average molecular weight is 389 g/mol. The van der Waals surface area contributed by atoms with Crippen LogP contribution in [0.4, 0.5) is 4.39 Å². The van der Waals surface area contributed by atoms with Crippen molar-refractivity contribution in [2.75, 3.05) is 0 Å². The highest BCUT2D eigenvalue weighted by Crippen LogP contribution is 2.26. The molecule has 5 nitrogen and oxygen atoms in total. The molecule has 0 aliphatic heterocycles. The summed E-state index contributed by atoms with van der Waals surface area (Å²) in [6, 6.07) is 12.8. The molecular formula is C20H18ClFN2O3. The van der Waals surface area contributed by atoms with Crippen LogP contribution in [-0.2, 0) is 16.0 Å². The molecule has 140 valence electrons. The van der Waals surface area contributed by atoms with Crippen LogP contribution >= 0.6 is 11.6 Å². The minimum Gasteiger partial charge on any atom is -0.481 e. The van der Waals surface area contributed by atoms with Gasteiger partial charge in [-0.25, -0.2) is 4.39 Å². The Balaban J connectivity index is 2.14. The SMILES string of the molecule is N#CC[C@H](C[C@@H](Cc1ccc(-c2cc(Cl)ccc2F)cc1)NC=O)C(=O)O. The van der Waals surface area contributed by atoms with E-state index in [9.17, 15) is 19.1 Å². The van der Waals surface area contributed by atoms with Gasteiger partial charge < -0.3 is 10.4 Å². The molecule has 0 heterocycles. The lowest BCUT2D eigenvalue weighted by Gasteiger charge is -2.19. The summed E-state index contributed by atoms with van der Waals surface area (Å²) in [5.41, 5.74) is 1.89. The zero-order valence-electron chi connectivity index (χ0n) is 14.4. The van der Waals surface area contributed by atoms with Gasteiger partial charge in [-0.3, -0.25) is 9.59 Å². The number of hydrogen-bond donors (Lipinski definition) is 2. The number of nitrogens with one attached hydrogen (secondary N) is 1. The number of carboxylic acids is 1. The molecule has 2 aromatic carbocycles. The van der Waals surface area contributed by atoms with Crippen molar-refractivity contribution in [1.29, 1.82) is 5.26 Å². The Hall–Kier alpha value is -2.91. The molecule has 0 saturated carbocycles. The first-order valence-corrected chi connectivity index (χ1v) is 8.66. The summed E-state index contributed by atoms with van der Waals surface area (Å²) in [6.07, 6.45) is 0.934. The normalized spacial score (nSPS) is 12.6. The van der Waals surface area contributed by atoms with Gasteiger partial charge in [-0.15, -0.1) is 0 Å². The van der Waals surface area contributed by atoms with Crippen molar-refractivity contribution in [3.8, 4) is 17.2 Å². The highest BCUT2D eigenvalue weighted by atomic mass is 35.5. The zero-order chi connectivity index (χ0) is 19.8. The molecule has 2 N–H and O–H groups in total. The summed E-state index contributed by atoms with van der Waals surface area (Å²) in [6.45, 7) is 0. The number of nitriles is 1. The van der Waals surface area contributed by atoms with Gasteiger partial charge in [0.05, 0.1) is 12.0 Å². The number of benzene rings is 2. The number of carbonyl (C=O) groups excluding carboxylic acids is 1. The molecule has 0 spiro atoms. The van der Waals surface area contributed by atoms with Crippen LogP contribution in [0.1, 0.15) is 18.4 Å². The lowest BCUT2D eigenvalue weighted by atomic mass is 9.92. The van der Waals surface area contributed by atoms with Crippen LogP contribution in [0.2, 0.25) is 5.02 Å². The topological polar surface area (TPSA) is 90.2 Å². The van der Waals surface area contributed by atoms with Crippen LogP contribution < -0.4 is 5.32 Å². The van der Waals surface area contributed by atoms with E-state index in [0.717, 1.165) is 5.56 Å². The van der Waals surface area contributed by atoms with E-state index in [4.69, 9.17) is 16.9 Å². The Morgan fingerprint density at radius 3 is 2.59 bits per heavy atom. The highest BCUT2D eigenvalue weighted by Gasteiger charge is 2.22. The van der Waals surface area contributed by atoms with Crippen molar-refractivity contribution in [2.45, 2.75) is 25.3 Å². The van der Waals surface area contributed by atoms with Gasteiger partial charge in [0, 0.05) is 23.0 Å². The fourth-order valence-electron chi connectivity index (χ4n) is 2.86. The number of amides is 1. The molecule has 0 saturated heterocycles. The smallest absolute Gasteiger partial charge is 0.307 e. The summed E-state index contributed by atoms with van der Waals surface area (Å²) >= 11 is 5.92. The molecule has 7 heteroatoms. The largest absolute Gasteiger partial charge is 0.481 e. The molecule has 27 heavy (non-hydrogen) atoms. The molecule has 2 aromatic rings. The maximum Gasteiger partial charge on any atom is 0.307 e. The van der Waals surface area contributed by atoms with Crippen molar-refractivity contribution in [3.63, 3.8) is 0 Å². The number of halogens is 2. The zero-order valence-corrected chi connectivity index (χ0v) is 15.1. The van der Waals surface area contributed by atoms with Gasteiger partial charge in [0.2, 0.25) is 6.41 Å². The Labute approximate surface area is 161 Å². The average Bonchev–Trinajstić information content (AvgIpc) is 2.64. The monoisotopic (exact) mass is 388 g/mol. The van der Waals surface area contributed by atoms with Gasteiger partial charge in [-0.05, 0) is 42.2 Å². The van der Waals surface area contributed by atoms with Crippen LogP contribution in [0.15, 0.2) is 42.5 Å². The standard InChI is InChI=1S/C20H18ClFN2O3/c21-16-5-6-19(22)18(11-16)14-3-1-13(2-4-14)9-17(24-12-25)10-15(7-8-23)20(26)27/h1-6,11-12,15,17H,7,9-10H2,(H,24,25)(H,26,27)/t15-,17-/m1/s1. The Morgan fingerprint density at radius 2 is 2.00 bits per heavy atom. The first kappa shape index (κ1) is 20.4. The minimum absolute atomic E-state index is 0.126. The number of carboxylic acid groups (broad SMARTS) is 1. The van der Waals surface area contributed by atoms with Crippen LogP contribution in [0.3, 0.4) is 0 Å². The summed E-state index contributed by atoms with van der Waals surface area (Å²) < 4.78 is 14.0. The number of hydrogen-bond acceptors (Lipinski definition) is 3. The Bertz CT molecular complexity index is 849. The lowest BCUT2D eigenvalue weighted by molar-refractivity contribution is -0.142. The van der Waals surface area contributed by atoms with Crippen molar-refractivity contribution in [2.24, 2.45) is 5.92 Å². The van der Waals surface area contributed by atoms with Crippen molar-refractivity contribution in [3.05, 3.63) is 58.9 Å². The van der Waals surface area contributed by atoms with E-state index in [2.05, 4.69) is 5.32 Å². The fourth-order valence-corrected chi connectivity index (χ4v) is 3.03. The predicted molar refractivity (Wildman–Crippen MR) is 99.5 cm³/mol. The van der Waals surface area contributed by atoms with Crippen LogP contribution in [0.25, 0.3) is 11.1 Å². The van der Waals surface area contributed by atoms with E-state index in [0.29, 0.717) is 29.0 Å². The van der Waals surface area contributed by atoms with Gasteiger partial charge in [-0.2, -0.15) is 5.26 Å². The van der Waals surface area contributed by atoms with Gasteiger partial charge in [-0.1, -0.05) is 35.9 Å². The van der Waals surface area contributed by atoms with E-state index < -0.39 is 17.9 Å². The van der Waals surface area contributed by atoms with Gasteiger partial charge in [0.25, 0.3) is 0 Å². The first-order chi connectivity index (χ1) is 12.9. The number of carbonyl (C=O) groups is 2. The molecule has 0 radical (unpaired) electrons. The van der Waals surface area contributed by atoms with Crippen LogP contribution in [0.5, 0.6) is 0 Å². The molecule has 2 atom stereocenters. The molecule has 0 unspecified atom stereocenters. The molecule has 0 aliphatic carbocycles. The molecular weight excluding hydrogens is 371 g/mol. The third-order valence-corrected chi connectivity index (χ3v) is 4.47. The molecule has 0 fully saturated rings. The van der Waals surface area contributed by atoms with Gasteiger partial charge >= 0.3 is 5.97 Å². The first-order valence-electron chi connectivity index (χ1n) is 8.28. The Kier molecular flexibility index (Phi) is 7.33. The van der Waals surface area contributed by atoms with Crippen molar-refractivity contribution < 1.29 is 19.1 Å². The maximum absolute atomic E-state index is 14.0. The van der Waals surface area contributed by atoms with Crippen LogP contribution in [0, 0.1) is 23.1 Å². The molecule has 0 bridgehead atoms. The molecule has 1 amide bonds. The number of rotatable bonds is 9. The second kappa shape index (κ2) is 9.70. The molecule has 0 aromatic heterocycles. The fraction of sp³-hybridized carbons (Fsp3) is 0.250. The summed E-state index contributed by atoms with van der Waals surface area (Å²) in [5, 5.41) is 21.0. The highest BCUT2D eigenvalue weighted by molar-refractivity contribution is 6.30. The summed E-state index contributed by atoms with van der Waals surface area (Å²) in [4.78, 5) is 22.1. The maximum atomic E-state index is 14.0. The quantitative estimate of drug-likeness (QED) is 0.639. The summed E-state index contributed by atoms with van der Waals surface area (Å²) in [5.74, 6) is -2.30. The Morgan fingerprint density at radius 1 is 1.30 bits per heavy atom. The van der Waals surface area contributed by atoms with Crippen molar-refractivity contribution >= 4 is 24.0 Å². The number of nitrogens with zero attached hydrogens (tertiary/aromatic N) is 1. The van der Waals surface area contributed by atoms with Crippen LogP contribution in [-0.4, -0.2) is 23.5 Å². The van der Waals surface area contributed by atoms with Gasteiger partial charge in [0.1, 0.15) is 5.82 Å². The molecule has 0 aliphatic rings. The molecule has 2 rings (SSSR count). The second-order valence-electron chi connectivity index (χ2n) is 6.14. The van der Waals surface area contributed by atoms with Crippen molar-refractivity contribution in [1.82, 2.24) is 5.32 Å². The lowest BCUT2D eigenvalue weighted by Crippen LogP contribution is -2.34. The van der Waals surface area contributed by atoms with E-state index >= 15 is 0 Å². The van der Waals surface area contributed by atoms with E-state index in [1.54, 1.807) is 30.3 Å². The minimum atomic E-state index is -1.07. The number of aliphatic carboxylic acids is 1. The van der Waals surface area contributed by atoms with E-state index in [1.165, 1.54) is 12.1 Å². The van der Waals surface area contributed by atoms with E-state index in [-0.39, 0.29) is 18.7 Å². The summed E-state index contributed by atoms with van der Waals surface area (Å²) in [7, 11) is 0. The second-order valence-corrected chi connectivity index (χ2v) is 6.58. The third-order valence-electron chi connectivity index (χ3n) is 4.24. The van der Waals surface area contributed by atoms with Gasteiger partial charge in [0.15, 0.2) is 0 Å². The predicted octanol–water partition coefficient (Wildman–Crippen LogP) is 3.81. The third kappa shape index (κ3) is 5.80.